The molecule has 0 unspecified atom stereocenters. The van der Waals surface area contributed by atoms with E-state index in [1.54, 1.807) is 0 Å². The minimum atomic E-state index is 1.17. The number of nitrogens with zero attached hydrogens (tertiary/aromatic N) is 2. The van der Waals surface area contributed by atoms with Crippen LogP contribution in [0.3, 0.4) is 0 Å². The summed E-state index contributed by atoms with van der Waals surface area (Å²) in [5, 5.41) is 5.03. The number of hydrogen-bond acceptors (Lipinski definition) is 2. The zero-order chi connectivity index (χ0) is 40.9. The Bertz CT molecular complexity index is 2600. The van der Waals surface area contributed by atoms with Gasteiger partial charge in [0.15, 0.2) is 0 Å². The average molecular weight is 755 g/mol. The molecular formula is C56H54N2. The predicted molar refractivity (Wildman–Crippen MR) is 252 cm³/mol. The Morgan fingerprint density at radius 3 is 0.690 bits per heavy atom. The highest BCUT2D eigenvalue weighted by molar-refractivity contribution is 6.12. The van der Waals surface area contributed by atoms with Crippen LogP contribution in [0.1, 0.15) is 66.8 Å². The normalized spacial score (nSPS) is 11.8. The van der Waals surface area contributed by atoms with Gasteiger partial charge >= 0.3 is 0 Å². The number of fused-ring (bicyclic) bond motifs is 6. The lowest BCUT2D eigenvalue weighted by atomic mass is 9.78. The number of anilines is 6. The van der Waals surface area contributed by atoms with E-state index in [2.05, 4.69) is 202 Å². The smallest absolute Gasteiger partial charge is 0.0468 e. The van der Waals surface area contributed by atoms with Crippen LogP contribution in [0.25, 0.3) is 43.8 Å². The largest absolute Gasteiger partial charge is 0.310 e. The quantitative estimate of drug-likeness (QED) is 0.167. The maximum atomic E-state index is 2.44. The summed E-state index contributed by atoms with van der Waals surface area (Å²) in [5.74, 6) is 0. The third-order valence-electron chi connectivity index (χ3n) is 13.7. The minimum absolute atomic E-state index is 1.17. The second kappa shape index (κ2) is 13.8. The third kappa shape index (κ3) is 6.09. The molecule has 1 aliphatic carbocycles. The highest BCUT2D eigenvalue weighted by atomic mass is 15.1. The summed E-state index contributed by atoms with van der Waals surface area (Å²) in [6.07, 6.45) is 0. The van der Waals surface area contributed by atoms with Gasteiger partial charge in [0, 0.05) is 34.1 Å². The van der Waals surface area contributed by atoms with Crippen molar-refractivity contribution in [1.82, 2.24) is 0 Å². The standard InChI is InChI=1S/C56H54N2/c1-31-17-49(18-32(2)39(31)9)57(50-19-33(3)40(10)34(4)20-50)47-15-13-43-27-53-55(29-45(43)25-47)54-28-44-14-16-48(26-46(44)30-56(53)54)58(51-21-35(5)41(11)36(6)22-51)52-23-37(7)42(12)38(8)24-52/h13-30H,1-12H3. The summed E-state index contributed by atoms with van der Waals surface area (Å²) in [6, 6.07) is 42.3. The topological polar surface area (TPSA) is 6.48 Å². The zero-order valence-electron chi connectivity index (χ0n) is 36.3. The van der Waals surface area contributed by atoms with E-state index < -0.39 is 0 Å². The first-order chi connectivity index (χ1) is 27.7. The van der Waals surface area contributed by atoms with Crippen LogP contribution in [-0.2, 0) is 0 Å². The van der Waals surface area contributed by atoms with Gasteiger partial charge in [0.25, 0.3) is 0 Å². The van der Waals surface area contributed by atoms with Crippen LogP contribution >= 0.6 is 0 Å². The van der Waals surface area contributed by atoms with Gasteiger partial charge < -0.3 is 9.80 Å². The summed E-state index contributed by atoms with van der Waals surface area (Å²) in [5.41, 5.74) is 28.4. The first kappa shape index (κ1) is 37.5. The van der Waals surface area contributed by atoms with Gasteiger partial charge in [-0.15, -0.1) is 0 Å². The maximum absolute atomic E-state index is 2.44. The maximum Gasteiger partial charge on any atom is 0.0468 e. The molecule has 0 spiro atoms. The molecule has 2 heteroatoms. The van der Waals surface area contributed by atoms with Gasteiger partial charge in [0.2, 0.25) is 0 Å². The Hall–Kier alpha value is -6.12. The van der Waals surface area contributed by atoms with Crippen molar-refractivity contribution in [3.8, 4) is 22.3 Å². The Balaban J connectivity index is 1.14. The van der Waals surface area contributed by atoms with Crippen molar-refractivity contribution in [2.75, 3.05) is 9.80 Å². The number of rotatable bonds is 6. The molecule has 0 heterocycles. The average Bonchev–Trinajstić information content (AvgIpc) is 3.18. The highest BCUT2D eigenvalue weighted by Gasteiger charge is 2.25. The van der Waals surface area contributed by atoms with Crippen molar-refractivity contribution in [2.24, 2.45) is 0 Å². The van der Waals surface area contributed by atoms with Gasteiger partial charge in [-0.25, -0.2) is 0 Å². The Labute approximate surface area is 345 Å². The third-order valence-corrected chi connectivity index (χ3v) is 13.7. The van der Waals surface area contributed by atoms with Crippen molar-refractivity contribution in [3.05, 3.63) is 176 Å². The monoisotopic (exact) mass is 754 g/mol. The van der Waals surface area contributed by atoms with Crippen molar-refractivity contribution in [2.45, 2.75) is 83.1 Å². The van der Waals surface area contributed by atoms with E-state index in [9.17, 15) is 0 Å². The van der Waals surface area contributed by atoms with E-state index in [0.29, 0.717) is 0 Å². The van der Waals surface area contributed by atoms with E-state index in [1.807, 2.05) is 0 Å². The molecule has 8 aromatic rings. The fourth-order valence-electron chi connectivity index (χ4n) is 9.14. The van der Waals surface area contributed by atoms with Gasteiger partial charge in [0.05, 0.1) is 0 Å². The Morgan fingerprint density at radius 1 is 0.224 bits per heavy atom. The second-order valence-corrected chi connectivity index (χ2v) is 17.3. The van der Waals surface area contributed by atoms with Crippen molar-refractivity contribution in [1.29, 1.82) is 0 Å². The first-order valence-electron chi connectivity index (χ1n) is 20.7. The molecule has 1 aliphatic rings. The van der Waals surface area contributed by atoms with Gasteiger partial charge in [-0.2, -0.15) is 0 Å². The van der Waals surface area contributed by atoms with E-state index in [0.717, 1.165) is 0 Å². The summed E-state index contributed by atoms with van der Waals surface area (Å²) in [7, 11) is 0. The molecule has 0 radical (unpaired) electrons. The minimum Gasteiger partial charge on any atom is -0.310 e. The van der Waals surface area contributed by atoms with Gasteiger partial charge in [0.1, 0.15) is 0 Å². The molecule has 0 fully saturated rings. The highest BCUT2D eigenvalue weighted by Crippen LogP contribution is 2.51. The van der Waals surface area contributed by atoms with E-state index in [4.69, 9.17) is 0 Å². The molecule has 9 rings (SSSR count). The van der Waals surface area contributed by atoms with Gasteiger partial charge in [-0.3, -0.25) is 0 Å². The summed E-state index contributed by atoms with van der Waals surface area (Å²) in [4.78, 5) is 4.89. The predicted octanol–water partition coefficient (Wildman–Crippen LogP) is 16.3. The Kier molecular flexibility index (Phi) is 8.89. The zero-order valence-corrected chi connectivity index (χ0v) is 36.3. The van der Waals surface area contributed by atoms with E-state index in [-0.39, 0.29) is 0 Å². The lowest BCUT2D eigenvalue weighted by Crippen LogP contribution is -2.12. The second-order valence-electron chi connectivity index (χ2n) is 17.3. The molecule has 0 amide bonds. The van der Waals surface area contributed by atoms with Crippen LogP contribution < -0.4 is 9.80 Å². The van der Waals surface area contributed by atoms with Crippen LogP contribution in [0.5, 0.6) is 0 Å². The van der Waals surface area contributed by atoms with Gasteiger partial charge in [-0.1, -0.05) is 12.1 Å². The molecule has 0 atom stereocenters. The first-order valence-corrected chi connectivity index (χ1v) is 20.7. The summed E-state index contributed by atoms with van der Waals surface area (Å²) < 4.78 is 0. The molecule has 2 nitrogen and oxygen atoms in total. The number of aryl methyl sites for hydroxylation is 8. The molecule has 58 heavy (non-hydrogen) atoms. The molecule has 0 saturated heterocycles. The molecule has 0 aliphatic heterocycles. The SMILES string of the molecule is Cc1cc(N(c2cc(C)c(C)c(C)c2)c2ccc3cc4c(cc3c2)-c2cc3ccc(N(c5cc(C)c(C)c(C)c5)c5cc(C)c(C)c(C)c5)cc3cc2-4)cc(C)c1C. The van der Waals surface area contributed by atoms with Crippen LogP contribution in [0.15, 0.2) is 109 Å². The van der Waals surface area contributed by atoms with Gasteiger partial charge in [-0.05, 0) is 291 Å². The van der Waals surface area contributed by atoms with Crippen LogP contribution in [0.4, 0.5) is 34.1 Å². The van der Waals surface area contributed by atoms with Crippen molar-refractivity contribution >= 4 is 55.7 Å². The fourth-order valence-corrected chi connectivity index (χ4v) is 9.14. The van der Waals surface area contributed by atoms with Crippen LogP contribution in [-0.4, -0.2) is 0 Å². The van der Waals surface area contributed by atoms with E-state index >= 15 is 0 Å². The number of hydrogen-bond donors (Lipinski definition) is 0. The molecule has 288 valence electrons. The summed E-state index contributed by atoms with van der Waals surface area (Å²) >= 11 is 0. The lowest BCUT2D eigenvalue weighted by molar-refractivity contribution is 1.19. The fraction of sp³-hybridized carbons (Fsp3) is 0.214. The molecule has 0 bridgehead atoms. The van der Waals surface area contributed by atoms with Crippen molar-refractivity contribution in [3.63, 3.8) is 0 Å². The van der Waals surface area contributed by atoms with E-state index in [1.165, 1.54) is 145 Å². The molecule has 8 aromatic carbocycles. The van der Waals surface area contributed by atoms with Crippen LogP contribution in [0.2, 0.25) is 0 Å². The molecule has 0 aromatic heterocycles. The summed E-state index contributed by atoms with van der Waals surface area (Å²) in [6.45, 7) is 26.7. The number of benzene rings is 8. The lowest BCUT2D eigenvalue weighted by Gasteiger charge is -2.30. The van der Waals surface area contributed by atoms with Crippen molar-refractivity contribution < 1.29 is 0 Å². The molecule has 0 saturated carbocycles. The Morgan fingerprint density at radius 2 is 0.448 bits per heavy atom. The van der Waals surface area contributed by atoms with Crippen LogP contribution in [0, 0.1) is 83.1 Å². The molecular weight excluding hydrogens is 701 g/mol. The molecule has 0 N–H and O–H groups in total.